The van der Waals surface area contributed by atoms with E-state index in [1.54, 1.807) is 5.01 Å². The summed E-state index contributed by atoms with van der Waals surface area (Å²) in [6, 6.07) is 10.2. The van der Waals surface area contributed by atoms with E-state index < -0.39 is 0 Å². The minimum Gasteiger partial charge on any atom is -0.313 e. The van der Waals surface area contributed by atoms with E-state index in [0.29, 0.717) is 30.0 Å². The summed E-state index contributed by atoms with van der Waals surface area (Å²) in [5, 5.41) is 9.21. The Morgan fingerprint density at radius 3 is 2.66 bits per heavy atom. The van der Waals surface area contributed by atoms with Crippen LogP contribution in [0.3, 0.4) is 0 Å². The third kappa shape index (κ3) is 3.42. The van der Waals surface area contributed by atoms with E-state index in [2.05, 4.69) is 48.2 Å². The van der Waals surface area contributed by atoms with Crippen LogP contribution in [-0.2, 0) is 4.79 Å². The average molecular weight is 408 g/mol. The molecule has 0 saturated carbocycles. The van der Waals surface area contributed by atoms with Gasteiger partial charge in [0.15, 0.2) is 0 Å². The van der Waals surface area contributed by atoms with Gasteiger partial charge < -0.3 is 4.98 Å². The minimum atomic E-state index is -0.185. The number of nitrogens with one attached hydrogen (secondary N) is 1. The van der Waals surface area contributed by atoms with Crippen molar-refractivity contribution in [2.75, 3.05) is 0 Å². The third-order valence-electron chi connectivity index (χ3n) is 5.64. The Balaban J connectivity index is 1.77. The van der Waals surface area contributed by atoms with Gasteiger partial charge in [0.1, 0.15) is 4.83 Å². The number of hydrogen-bond acceptors (Lipinski definition) is 4. The van der Waals surface area contributed by atoms with Crippen LogP contribution in [0.25, 0.3) is 10.2 Å². The fourth-order valence-corrected chi connectivity index (χ4v) is 4.78. The first kappa shape index (κ1) is 19.6. The van der Waals surface area contributed by atoms with E-state index in [-0.39, 0.29) is 17.5 Å². The first-order valence-corrected chi connectivity index (χ1v) is 10.9. The fraction of sp³-hybridized carbons (Fsp3) is 0.348. The number of hydrogen-bond donors (Lipinski definition) is 1. The van der Waals surface area contributed by atoms with Gasteiger partial charge in [0, 0.05) is 18.2 Å². The molecule has 1 amide bonds. The molecule has 1 aliphatic heterocycles. The van der Waals surface area contributed by atoms with E-state index >= 15 is 0 Å². The topological polar surface area (TPSA) is 65.5 Å². The summed E-state index contributed by atoms with van der Waals surface area (Å²) in [4.78, 5) is 29.3. The Hall–Kier alpha value is -2.73. The van der Waals surface area contributed by atoms with Crippen molar-refractivity contribution in [3.63, 3.8) is 0 Å². The van der Waals surface area contributed by atoms with Crippen molar-refractivity contribution in [2.24, 2.45) is 5.10 Å². The number of carbonyl (C=O) groups is 1. The molecule has 0 aliphatic carbocycles. The molecule has 0 saturated heterocycles. The summed E-state index contributed by atoms with van der Waals surface area (Å²) in [5.41, 5.74) is 4.35. The van der Waals surface area contributed by atoms with Crippen LogP contribution in [0.2, 0.25) is 0 Å². The second kappa shape index (κ2) is 7.59. The molecular formula is C23H25N3O2S. The molecule has 1 aliphatic rings. The van der Waals surface area contributed by atoms with E-state index in [1.807, 2.05) is 25.3 Å². The number of aryl methyl sites for hydroxylation is 1. The maximum atomic E-state index is 12.8. The summed E-state index contributed by atoms with van der Waals surface area (Å²) in [5.74, 6) is 0.412. The van der Waals surface area contributed by atoms with Crippen molar-refractivity contribution in [1.29, 1.82) is 0 Å². The minimum absolute atomic E-state index is 0.0383. The smallest absolute Gasteiger partial charge is 0.258 e. The number of benzene rings is 1. The van der Waals surface area contributed by atoms with Gasteiger partial charge in [-0.15, -0.1) is 11.3 Å². The van der Waals surface area contributed by atoms with Gasteiger partial charge >= 0.3 is 0 Å². The Bertz CT molecular complexity index is 1160. The van der Waals surface area contributed by atoms with Gasteiger partial charge in [-0.25, -0.2) is 5.01 Å². The van der Waals surface area contributed by atoms with Crippen LogP contribution in [0.1, 0.15) is 67.8 Å². The van der Waals surface area contributed by atoms with E-state index in [0.717, 1.165) is 21.3 Å². The zero-order valence-electron chi connectivity index (χ0n) is 17.2. The number of aromatic amines is 1. The van der Waals surface area contributed by atoms with Crippen LogP contribution in [-0.4, -0.2) is 21.6 Å². The molecular weight excluding hydrogens is 382 g/mol. The molecule has 3 heterocycles. The molecule has 2 aromatic heterocycles. The Morgan fingerprint density at radius 2 is 2.00 bits per heavy atom. The first-order chi connectivity index (χ1) is 13.9. The first-order valence-electron chi connectivity index (χ1n) is 10.0. The second-order valence-corrected chi connectivity index (χ2v) is 8.71. The van der Waals surface area contributed by atoms with Gasteiger partial charge in [-0.2, -0.15) is 5.10 Å². The molecule has 0 spiro atoms. The van der Waals surface area contributed by atoms with Crippen molar-refractivity contribution in [1.82, 2.24) is 9.99 Å². The Morgan fingerprint density at radius 1 is 1.28 bits per heavy atom. The van der Waals surface area contributed by atoms with Crippen LogP contribution in [0, 0.1) is 6.92 Å². The van der Waals surface area contributed by atoms with Gasteiger partial charge in [-0.3, -0.25) is 9.59 Å². The predicted octanol–water partition coefficient (Wildman–Crippen LogP) is 5.11. The monoisotopic (exact) mass is 407 g/mol. The normalized spacial score (nSPS) is 16.7. The Labute approximate surface area is 174 Å². The number of fused-ring (bicyclic) bond motifs is 1. The molecule has 1 unspecified atom stereocenters. The highest BCUT2D eigenvalue weighted by atomic mass is 32.1. The van der Waals surface area contributed by atoms with Crippen LogP contribution in [0.5, 0.6) is 0 Å². The number of hydrazone groups is 1. The number of rotatable bonds is 4. The summed E-state index contributed by atoms with van der Waals surface area (Å²) in [6.07, 6.45) is 0.905. The molecule has 29 heavy (non-hydrogen) atoms. The predicted molar refractivity (Wildman–Crippen MR) is 119 cm³/mol. The molecule has 4 rings (SSSR count). The van der Waals surface area contributed by atoms with Crippen molar-refractivity contribution in [3.8, 4) is 0 Å². The number of aromatic nitrogens is 1. The molecule has 150 valence electrons. The molecule has 1 atom stereocenters. The molecule has 0 radical (unpaired) electrons. The van der Waals surface area contributed by atoms with Gasteiger partial charge in [0.2, 0.25) is 5.91 Å². The van der Waals surface area contributed by atoms with Gasteiger partial charge in [0.05, 0.1) is 17.3 Å². The van der Waals surface area contributed by atoms with Crippen LogP contribution < -0.4 is 5.56 Å². The van der Waals surface area contributed by atoms with Gasteiger partial charge in [-0.1, -0.05) is 45.0 Å². The number of H-pyrrole nitrogens is 1. The number of carbonyl (C=O) groups excluding carboxylic acids is 1. The largest absolute Gasteiger partial charge is 0.313 e. The molecule has 3 aromatic rings. The zero-order valence-corrected chi connectivity index (χ0v) is 18.0. The lowest BCUT2D eigenvalue weighted by molar-refractivity contribution is -0.132. The molecule has 5 nitrogen and oxygen atoms in total. The highest BCUT2D eigenvalue weighted by Crippen LogP contribution is 2.35. The van der Waals surface area contributed by atoms with E-state index in [4.69, 9.17) is 0 Å². The van der Waals surface area contributed by atoms with Crippen molar-refractivity contribution in [3.05, 3.63) is 68.3 Å². The third-order valence-corrected chi connectivity index (χ3v) is 6.47. The Kier molecular flexibility index (Phi) is 5.13. The molecule has 0 bridgehead atoms. The number of pyridine rings is 1. The zero-order chi connectivity index (χ0) is 20.7. The molecule has 6 heteroatoms. The number of amides is 1. The second-order valence-electron chi connectivity index (χ2n) is 7.80. The summed E-state index contributed by atoms with van der Waals surface area (Å²) >= 11 is 1.52. The highest BCUT2D eigenvalue weighted by Gasteiger charge is 2.34. The average Bonchev–Trinajstić information content (AvgIpc) is 3.35. The molecule has 1 N–H and O–H groups in total. The summed E-state index contributed by atoms with van der Waals surface area (Å²) in [6.45, 7) is 8.12. The summed E-state index contributed by atoms with van der Waals surface area (Å²) in [7, 11) is 0. The van der Waals surface area contributed by atoms with Crippen molar-refractivity contribution >= 4 is 33.2 Å². The van der Waals surface area contributed by atoms with Crippen molar-refractivity contribution < 1.29 is 4.79 Å². The highest BCUT2D eigenvalue weighted by molar-refractivity contribution is 7.16. The number of thiophene rings is 1. The van der Waals surface area contributed by atoms with Crippen LogP contribution in [0.15, 0.2) is 45.6 Å². The molecule has 0 fully saturated rings. The molecule has 1 aromatic carbocycles. The van der Waals surface area contributed by atoms with E-state index in [9.17, 15) is 9.59 Å². The lowest BCUT2D eigenvalue weighted by Crippen LogP contribution is -2.26. The lowest BCUT2D eigenvalue weighted by atomic mass is 9.94. The standard InChI is InChI=1S/C23H25N3O2S/c1-5-20(27)26-19(16-8-6-15(7-9-16)13(2)3)12-18(25-26)21-14(4)17-10-11-29-23(17)24-22(21)28/h6-11,13,19H,5,12H2,1-4H3,(H,24,28). The maximum absolute atomic E-state index is 12.8. The quantitative estimate of drug-likeness (QED) is 0.653. The van der Waals surface area contributed by atoms with Gasteiger partial charge in [0.25, 0.3) is 5.56 Å². The maximum Gasteiger partial charge on any atom is 0.258 e. The fourth-order valence-electron chi connectivity index (χ4n) is 3.94. The van der Waals surface area contributed by atoms with Gasteiger partial charge in [-0.05, 0) is 41.0 Å². The lowest BCUT2D eigenvalue weighted by Gasteiger charge is -2.22. The van der Waals surface area contributed by atoms with Crippen molar-refractivity contribution in [2.45, 2.75) is 52.5 Å². The SMILES string of the molecule is CCC(=O)N1N=C(c2c(C)c3ccsc3[nH]c2=O)CC1c1ccc(C(C)C)cc1. The summed E-state index contributed by atoms with van der Waals surface area (Å²) < 4.78 is 0. The van der Waals surface area contributed by atoms with Crippen LogP contribution >= 0.6 is 11.3 Å². The van der Waals surface area contributed by atoms with Crippen LogP contribution in [0.4, 0.5) is 0 Å². The number of nitrogens with zero attached hydrogens (tertiary/aromatic N) is 2. The van der Waals surface area contributed by atoms with E-state index in [1.165, 1.54) is 16.9 Å².